The number of ether oxygens (including phenoxy) is 1. The average Bonchev–Trinajstić information content (AvgIpc) is 2.28. The summed E-state index contributed by atoms with van der Waals surface area (Å²) in [6, 6.07) is 4.80. The topological polar surface area (TPSA) is 38.3 Å². The van der Waals surface area contributed by atoms with Gasteiger partial charge in [-0.3, -0.25) is 4.79 Å². The Hall–Kier alpha value is -1.37. The zero-order valence-corrected chi connectivity index (χ0v) is 10.5. The van der Waals surface area contributed by atoms with Crippen molar-refractivity contribution < 1.29 is 9.53 Å². The van der Waals surface area contributed by atoms with Crippen molar-refractivity contribution in [1.29, 1.82) is 0 Å². The normalized spacial score (nSPS) is 9.47. The number of hydrogen-bond acceptors (Lipinski definition) is 2. The molecular weight excluding hydrogens is 261 g/mol. The second-order valence-electron chi connectivity index (χ2n) is 3.17. The van der Waals surface area contributed by atoms with Crippen LogP contribution < -0.4 is 10.1 Å². The summed E-state index contributed by atoms with van der Waals surface area (Å²) in [6.07, 6.45) is 5.54. The Bertz CT molecular complexity index is 441. The molecule has 0 spiro atoms. The first-order valence-electron chi connectivity index (χ1n) is 4.91. The number of terminal acetylenes is 1. The van der Waals surface area contributed by atoms with Gasteiger partial charge in [0.2, 0.25) is 0 Å². The lowest BCUT2D eigenvalue weighted by atomic mass is 10.3. The first-order valence-corrected chi connectivity index (χ1v) is 5.67. The summed E-state index contributed by atoms with van der Waals surface area (Å²) in [5.41, 5.74) is 0. The Morgan fingerprint density at radius 2 is 2.24 bits per heavy atom. The molecule has 0 aliphatic heterocycles. The molecule has 1 amide bonds. The van der Waals surface area contributed by atoms with Crippen LogP contribution in [0.3, 0.4) is 0 Å². The summed E-state index contributed by atoms with van der Waals surface area (Å²) in [5.74, 6) is 2.60. The third-order valence-corrected chi connectivity index (χ3v) is 2.37. The van der Waals surface area contributed by atoms with Crippen molar-refractivity contribution in [2.45, 2.75) is 6.42 Å². The molecule has 0 saturated heterocycles. The van der Waals surface area contributed by atoms with Crippen molar-refractivity contribution in [1.82, 2.24) is 5.32 Å². The van der Waals surface area contributed by atoms with E-state index in [2.05, 4.69) is 11.2 Å². The van der Waals surface area contributed by atoms with Crippen LogP contribution in [0.15, 0.2) is 18.2 Å². The Kier molecular flexibility index (Phi) is 5.68. The monoisotopic (exact) mass is 271 g/mol. The zero-order valence-electron chi connectivity index (χ0n) is 9.00. The van der Waals surface area contributed by atoms with Gasteiger partial charge < -0.3 is 10.1 Å². The van der Waals surface area contributed by atoms with Gasteiger partial charge in [0, 0.05) is 18.0 Å². The van der Waals surface area contributed by atoms with Crippen molar-refractivity contribution in [3.63, 3.8) is 0 Å². The Labute approximate surface area is 110 Å². The van der Waals surface area contributed by atoms with Crippen LogP contribution in [0.5, 0.6) is 5.75 Å². The van der Waals surface area contributed by atoms with Gasteiger partial charge in [-0.2, -0.15) is 0 Å². The van der Waals surface area contributed by atoms with E-state index >= 15 is 0 Å². The lowest BCUT2D eigenvalue weighted by Crippen LogP contribution is -2.29. The fraction of sp³-hybridized carbons (Fsp3) is 0.250. The van der Waals surface area contributed by atoms with Gasteiger partial charge >= 0.3 is 0 Å². The van der Waals surface area contributed by atoms with Crippen LogP contribution in [-0.2, 0) is 4.79 Å². The molecule has 0 aromatic heterocycles. The second-order valence-corrected chi connectivity index (χ2v) is 4.01. The van der Waals surface area contributed by atoms with Crippen molar-refractivity contribution >= 4 is 29.1 Å². The molecule has 0 unspecified atom stereocenters. The maximum absolute atomic E-state index is 11.3. The van der Waals surface area contributed by atoms with E-state index in [1.165, 1.54) is 0 Å². The standard InChI is InChI=1S/C12H11Cl2NO2/c1-2-3-6-15-12(16)8-17-11-5-4-9(13)7-10(11)14/h1,4-5,7H,3,6,8H2,(H,15,16). The molecule has 0 fully saturated rings. The molecule has 0 aliphatic carbocycles. The van der Waals surface area contributed by atoms with Crippen molar-refractivity contribution in [3.8, 4) is 18.1 Å². The molecule has 1 aromatic carbocycles. The van der Waals surface area contributed by atoms with E-state index in [1.807, 2.05) is 0 Å². The summed E-state index contributed by atoms with van der Waals surface area (Å²) < 4.78 is 5.23. The molecule has 90 valence electrons. The molecule has 3 nitrogen and oxygen atoms in total. The quantitative estimate of drug-likeness (QED) is 0.660. The molecular formula is C12H11Cl2NO2. The second kappa shape index (κ2) is 7.05. The van der Waals surface area contributed by atoms with Crippen LogP contribution >= 0.6 is 23.2 Å². The van der Waals surface area contributed by atoms with Crippen LogP contribution in [-0.4, -0.2) is 19.1 Å². The molecule has 0 bridgehead atoms. The Morgan fingerprint density at radius 3 is 2.88 bits per heavy atom. The fourth-order valence-corrected chi connectivity index (χ4v) is 1.52. The third kappa shape index (κ3) is 4.99. The van der Waals surface area contributed by atoms with Crippen molar-refractivity contribution in [2.24, 2.45) is 0 Å². The van der Waals surface area contributed by atoms with E-state index in [0.717, 1.165) is 0 Å². The zero-order chi connectivity index (χ0) is 12.7. The molecule has 0 aliphatic rings. The van der Waals surface area contributed by atoms with Gasteiger partial charge in [-0.25, -0.2) is 0 Å². The molecule has 1 N–H and O–H groups in total. The third-order valence-electron chi connectivity index (χ3n) is 1.84. The number of carbonyl (C=O) groups is 1. The predicted octanol–water partition coefficient (Wildman–Crippen LogP) is 2.51. The summed E-state index contributed by atoms with van der Waals surface area (Å²) in [5, 5.41) is 3.49. The minimum Gasteiger partial charge on any atom is -0.482 e. The lowest BCUT2D eigenvalue weighted by Gasteiger charge is -2.08. The first-order chi connectivity index (χ1) is 8.13. The van der Waals surface area contributed by atoms with E-state index in [-0.39, 0.29) is 12.5 Å². The minimum absolute atomic E-state index is 0.105. The van der Waals surface area contributed by atoms with E-state index in [9.17, 15) is 4.79 Å². The molecule has 0 heterocycles. The van der Waals surface area contributed by atoms with Gasteiger partial charge in [0.25, 0.3) is 5.91 Å². The van der Waals surface area contributed by atoms with Gasteiger partial charge in [-0.1, -0.05) is 23.2 Å². The van der Waals surface area contributed by atoms with Gasteiger partial charge in [0.1, 0.15) is 5.75 Å². The summed E-state index contributed by atoms with van der Waals surface area (Å²) in [6.45, 7) is 0.332. The minimum atomic E-state index is -0.244. The number of amides is 1. The first kappa shape index (κ1) is 13.7. The van der Waals surface area contributed by atoms with Gasteiger partial charge in [0.15, 0.2) is 6.61 Å². The van der Waals surface area contributed by atoms with Gasteiger partial charge in [0.05, 0.1) is 5.02 Å². The Morgan fingerprint density at radius 1 is 1.47 bits per heavy atom. The van der Waals surface area contributed by atoms with Gasteiger partial charge in [-0.15, -0.1) is 12.3 Å². The predicted molar refractivity (Wildman–Crippen MR) is 68.4 cm³/mol. The molecule has 0 atom stereocenters. The highest BCUT2D eigenvalue weighted by molar-refractivity contribution is 6.35. The maximum atomic E-state index is 11.3. The highest BCUT2D eigenvalue weighted by Gasteiger charge is 2.05. The fourth-order valence-electron chi connectivity index (χ4n) is 1.06. The van der Waals surface area contributed by atoms with Crippen LogP contribution in [0.2, 0.25) is 10.0 Å². The van der Waals surface area contributed by atoms with E-state index in [4.69, 9.17) is 34.4 Å². The molecule has 1 rings (SSSR count). The maximum Gasteiger partial charge on any atom is 0.257 e. The number of hydrogen-bond donors (Lipinski definition) is 1. The summed E-state index contributed by atoms with van der Waals surface area (Å²) >= 11 is 11.6. The highest BCUT2D eigenvalue weighted by atomic mass is 35.5. The van der Waals surface area contributed by atoms with Crippen LogP contribution in [0.1, 0.15) is 6.42 Å². The average molecular weight is 272 g/mol. The molecule has 1 aromatic rings. The van der Waals surface area contributed by atoms with Crippen LogP contribution in [0.25, 0.3) is 0 Å². The highest BCUT2D eigenvalue weighted by Crippen LogP contribution is 2.27. The number of rotatable bonds is 5. The molecule has 5 heteroatoms. The van der Waals surface area contributed by atoms with E-state index in [1.54, 1.807) is 18.2 Å². The molecule has 17 heavy (non-hydrogen) atoms. The molecule has 0 radical (unpaired) electrons. The Balaban J connectivity index is 2.40. The number of halogens is 2. The van der Waals surface area contributed by atoms with Crippen molar-refractivity contribution in [2.75, 3.05) is 13.2 Å². The number of carbonyl (C=O) groups excluding carboxylic acids is 1. The number of nitrogens with one attached hydrogen (secondary N) is 1. The van der Waals surface area contributed by atoms with Crippen LogP contribution in [0.4, 0.5) is 0 Å². The summed E-state index contributed by atoms with van der Waals surface area (Å²) in [4.78, 5) is 11.3. The largest absolute Gasteiger partial charge is 0.482 e. The van der Waals surface area contributed by atoms with E-state index in [0.29, 0.717) is 28.8 Å². The smallest absolute Gasteiger partial charge is 0.257 e. The SMILES string of the molecule is C#CCCNC(=O)COc1ccc(Cl)cc1Cl. The van der Waals surface area contributed by atoms with E-state index < -0.39 is 0 Å². The molecule has 0 saturated carbocycles. The summed E-state index contributed by atoms with van der Waals surface area (Å²) in [7, 11) is 0. The van der Waals surface area contributed by atoms with Gasteiger partial charge in [-0.05, 0) is 18.2 Å². The number of benzene rings is 1. The van der Waals surface area contributed by atoms with Crippen molar-refractivity contribution in [3.05, 3.63) is 28.2 Å². The van der Waals surface area contributed by atoms with Crippen LogP contribution in [0, 0.1) is 12.3 Å². The lowest BCUT2D eigenvalue weighted by molar-refractivity contribution is -0.123.